The van der Waals surface area contributed by atoms with E-state index in [1.165, 1.54) is 0 Å². The molecule has 0 saturated carbocycles. The van der Waals surface area contributed by atoms with Gasteiger partial charge in [-0.15, -0.1) is 0 Å². The zero-order valence-corrected chi connectivity index (χ0v) is 14.4. The lowest BCUT2D eigenvalue weighted by Crippen LogP contribution is -2.46. The molecule has 4 N–H and O–H groups in total. The zero-order valence-electron chi connectivity index (χ0n) is 14.4. The van der Waals surface area contributed by atoms with Crippen LogP contribution in [0.5, 0.6) is 0 Å². The van der Waals surface area contributed by atoms with Gasteiger partial charge in [-0.1, -0.05) is 30.3 Å². The Morgan fingerprint density at radius 3 is 2.35 bits per heavy atom. The predicted octanol–water partition coefficient (Wildman–Crippen LogP) is 0.225. The summed E-state index contributed by atoms with van der Waals surface area (Å²) in [5, 5.41) is 4.94. The smallest absolute Gasteiger partial charge is 0.322 e. The van der Waals surface area contributed by atoms with Crippen LogP contribution in [0.25, 0.3) is 0 Å². The second-order valence-corrected chi connectivity index (χ2v) is 6.74. The van der Waals surface area contributed by atoms with Gasteiger partial charge in [0.15, 0.2) is 0 Å². The summed E-state index contributed by atoms with van der Waals surface area (Å²) in [7, 11) is 0. The van der Waals surface area contributed by atoms with Crippen LogP contribution < -0.4 is 16.4 Å². The van der Waals surface area contributed by atoms with Gasteiger partial charge >= 0.3 is 6.03 Å². The average Bonchev–Trinajstić information content (AvgIpc) is 2.95. The SMILES string of the molecule is NC(=O)C1CCN(C(=O)CCC2(c3ccccc3)NC(=O)NC2=O)CC1. The van der Waals surface area contributed by atoms with Gasteiger partial charge in [0.05, 0.1) is 0 Å². The van der Waals surface area contributed by atoms with Crippen LogP contribution in [-0.4, -0.2) is 41.7 Å². The highest BCUT2D eigenvalue weighted by Gasteiger charge is 2.47. The molecular weight excluding hydrogens is 336 g/mol. The molecular formula is C18H22N4O4. The molecule has 8 nitrogen and oxygen atoms in total. The van der Waals surface area contributed by atoms with E-state index in [0.29, 0.717) is 31.5 Å². The van der Waals surface area contributed by atoms with Gasteiger partial charge in [-0.25, -0.2) is 4.79 Å². The molecule has 2 fully saturated rings. The van der Waals surface area contributed by atoms with E-state index in [1.807, 2.05) is 6.07 Å². The Kier molecular flexibility index (Phi) is 4.92. The quantitative estimate of drug-likeness (QED) is 0.652. The maximum Gasteiger partial charge on any atom is 0.322 e. The Morgan fingerprint density at radius 2 is 1.81 bits per heavy atom. The van der Waals surface area contributed by atoms with Crippen LogP contribution in [0.15, 0.2) is 30.3 Å². The van der Waals surface area contributed by atoms with Crippen molar-refractivity contribution in [3.05, 3.63) is 35.9 Å². The zero-order chi connectivity index (χ0) is 18.7. The summed E-state index contributed by atoms with van der Waals surface area (Å²) in [6.07, 6.45) is 1.40. The number of amides is 5. The Balaban J connectivity index is 1.68. The first-order valence-electron chi connectivity index (χ1n) is 8.68. The number of hydrogen-bond donors (Lipinski definition) is 3. The second-order valence-electron chi connectivity index (χ2n) is 6.74. The number of imide groups is 1. The summed E-state index contributed by atoms with van der Waals surface area (Å²) in [5.74, 6) is -1.06. The molecule has 1 unspecified atom stereocenters. The van der Waals surface area contributed by atoms with Crippen molar-refractivity contribution in [2.75, 3.05) is 13.1 Å². The lowest BCUT2D eigenvalue weighted by Gasteiger charge is -2.32. The number of carbonyl (C=O) groups is 4. The third kappa shape index (κ3) is 3.40. The largest absolute Gasteiger partial charge is 0.369 e. The summed E-state index contributed by atoms with van der Waals surface area (Å²) >= 11 is 0. The number of piperidine rings is 1. The van der Waals surface area contributed by atoms with Gasteiger partial charge in [0.1, 0.15) is 5.54 Å². The lowest BCUT2D eigenvalue weighted by atomic mass is 9.85. The topological polar surface area (TPSA) is 122 Å². The van der Waals surface area contributed by atoms with E-state index in [4.69, 9.17) is 5.73 Å². The predicted molar refractivity (Wildman–Crippen MR) is 92.5 cm³/mol. The molecule has 8 heteroatoms. The molecule has 1 aromatic rings. The molecule has 5 amide bonds. The minimum Gasteiger partial charge on any atom is -0.369 e. The lowest BCUT2D eigenvalue weighted by molar-refractivity contribution is -0.135. The maximum absolute atomic E-state index is 12.6. The normalized spacial score (nSPS) is 23.5. The molecule has 26 heavy (non-hydrogen) atoms. The molecule has 2 saturated heterocycles. The van der Waals surface area contributed by atoms with Gasteiger partial charge in [0.25, 0.3) is 5.91 Å². The van der Waals surface area contributed by atoms with E-state index in [0.717, 1.165) is 0 Å². The molecule has 0 radical (unpaired) electrons. The molecule has 0 aromatic heterocycles. The van der Waals surface area contributed by atoms with Crippen LogP contribution in [0.4, 0.5) is 4.79 Å². The third-order valence-corrected chi connectivity index (χ3v) is 5.17. The summed E-state index contributed by atoms with van der Waals surface area (Å²) in [5.41, 5.74) is 4.72. The van der Waals surface area contributed by atoms with Crippen molar-refractivity contribution in [1.82, 2.24) is 15.5 Å². The number of benzene rings is 1. The average molecular weight is 358 g/mol. The Morgan fingerprint density at radius 1 is 1.15 bits per heavy atom. The van der Waals surface area contributed by atoms with E-state index in [2.05, 4.69) is 10.6 Å². The minimum atomic E-state index is -1.24. The van der Waals surface area contributed by atoms with Crippen LogP contribution >= 0.6 is 0 Å². The highest BCUT2D eigenvalue weighted by atomic mass is 16.2. The Labute approximate surface area is 151 Å². The monoisotopic (exact) mass is 358 g/mol. The number of carbonyl (C=O) groups excluding carboxylic acids is 4. The van der Waals surface area contributed by atoms with Crippen molar-refractivity contribution in [2.24, 2.45) is 11.7 Å². The van der Waals surface area contributed by atoms with Crippen molar-refractivity contribution in [3.8, 4) is 0 Å². The molecule has 2 aliphatic rings. The van der Waals surface area contributed by atoms with Gasteiger partial charge in [-0.3, -0.25) is 19.7 Å². The maximum atomic E-state index is 12.6. The van der Waals surface area contributed by atoms with E-state index in [1.54, 1.807) is 29.2 Å². The highest BCUT2D eigenvalue weighted by molar-refractivity contribution is 6.07. The molecule has 2 aliphatic heterocycles. The standard InChI is InChI=1S/C18H22N4O4/c19-15(24)12-7-10-22(11-8-12)14(23)6-9-18(13-4-2-1-3-5-13)16(25)20-17(26)21-18/h1-5,12H,6-11H2,(H2,19,24)(H2,20,21,25,26). The van der Waals surface area contributed by atoms with Crippen molar-refractivity contribution in [1.29, 1.82) is 0 Å². The second kappa shape index (κ2) is 7.15. The third-order valence-electron chi connectivity index (χ3n) is 5.17. The molecule has 0 spiro atoms. The van der Waals surface area contributed by atoms with Crippen molar-refractivity contribution < 1.29 is 19.2 Å². The number of hydrogen-bond acceptors (Lipinski definition) is 4. The molecule has 2 heterocycles. The van der Waals surface area contributed by atoms with Gasteiger partial charge in [0.2, 0.25) is 11.8 Å². The molecule has 0 aliphatic carbocycles. The first-order chi connectivity index (χ1) is 12.4. The number of nitrogens with zero attached hydrogens (tertiary/aromatic N) is 1. The Hall–Kier alpha value is -2.90. The van der Waals surface area contributed by atoms with Crippen LogP contribution in [-0.2, 0) is 19.9 Å². The number of nitrogens with two attached hydrogens (primary N) is 1. The fourth-order valence-electron chi connectivity index (χ4n) is 3.60. The first kappa shape index (κ1) is 17.9. The molecule has 3 rings (SSSR count). The van der Waals surface area contributed by atoms with E-state index in [9.17, 15) is 19.2 Å². The van der Waals surface area contributed by atoms with Crippen LogP contribution in [0.3, 0.4) is 0 Å². The van der Waals surface area contributed by atoms with E-state index < -0.39 is 17.5 Å². The number of primary amides is 1. The first-order valence-corrected chi connectivity index (χ1v) is 8.68. The Bertz CT molecular complexity index is 728. The molecule has 0 bridgehead atoms. The summed E-state index contributed by atoms with van der Waals surface area (Å²) < 4.78 is 0. The van der Waals surface area contributed by atoms with Gasteiger partial charge in [-0.2, -0.15) is 0 Å². The highest BCUT2D eigenvalue weighted by Crippen LogP contribution is 2.30. The fourth-order valence-corrected chi connectivity index (χ4v) is 3.60. The molecule has 1 aromatic carbocycles. The number of nitrogens with one attached hydrogen (secondary N) is 2. The van der Waals surface area contributed by atoms with E-state index >= 15 is 0 Å². The van der Waals surface area contributed by atoms with Gasteiger partial charge < -0.3 is 16.0 Å². The van der Waals surface area contributed by atoms with Crippen molar-refractivity contribution >= 4 is 23.8 Å². The minimum absolute atomic E-state index is 0.0998. The van der Waals surface area contributed by atoms with Crippen LogP contribution in [0.1, 0.15) is 31.2 Å². The number of rotatable bonds is 5. The molecule has 138 valence electrons. The van der Waals surface area contributed by atoms with Crippen LogP contribution in [0.2, 0.25) is 0 Å². The van der Waals surface area contributed by atoms with Gasteiger partial charge in [0, 0.05) is 25.4 Å². The summed E-state index contributed by atoms with van der Waals surface area (Å²) in [4.78, 5) is 49.6. The number of urea groups is 1. The fraction of sp³-hybridized carbons (Fsp3) is 0.444. The van der Waals surface area contributed by atoms with E-state index in [-0.39, 0.29) is 30.6 Å². The van der Waals surface area contributed by atoms with Crippen LogP contribution in [0, 0.1) is 5.92 Å². The van der Waals surface area contributed by atoms with Crippen molar-refractivity contribution in [3.63, 3.8) is 0 Å². The van der Waals surface area contributed by atoms with Gasteiger partial charge in [-0.05, 0) is 24.8 Å². The summed E-state index contributed by atoms with van der Waals surface area (Å²) in [6, 6.07) is 8.34. The van der Waals surface area contributed by atoms with Crippen molar-refractivity contribution in [2.45, 2.75) is 31.2 Å². The number of likely N-dealkylation sites (tertiary alicyclic amines) is 1. The molecule has 1 atom stereocenters. The summed E-state index contributed by atoms with van der Waals surface area (Å²) in [6.45, 7) is 0.951.